The van der Waals surface area contributed by atoms with Crippen LogP contribution in [-0.4, -0.2) is 17.9 Å². The minimum atomic E-state index is -0.330. The van der Waals surface area contributed by atoms with Gasteiger partial charge >= 0.3 is 0 Å². The third kappa shape index (κ3) is 3.08. The fourth-order valence-electron chi connectivity index (χ4n) is 2.71. The van der Waals surface area contributed by atoms with Crippen LogP contribution in [0.25, 0.3) is 22.2 Å². The van der Waals surface area contributed by atoms with Crippen LogP contribution in [0.15, 0.2) is 42.5 Å². The van der Waals surface area contributed by atoms with E-state index < -0.39 is 0 Å². The Labute approximate surface area is 132 Å². The summed E-state index contributed by atoms with van der Waals surface area (Å²) >= 11 is 0. The molecule has 118 valence electrons. The maximum Gasteiger partial charge on any atom is 0.220 e. The molecule has 0 radical (unpaired) electrons. The molecule has 0 saturated heterocycles. The van der Waals surface area contributed by atoms with Crippen LogP contribution in [0.5, 0.6) is 0 Å². The molecule has 0 spiro atoms. The summed E-state index contributed by atoms with van der Waals surface area (Å²) in [6, 6.07) is 10.6. The highest BCUT2D eigenvalue weighted by atomic mass is 19.1. The Kier molecular flexibility index (Phi) is 4.10. The number of carbonyl (C=O) groups is 1. The number of halogens is 2. The lowest BCUT2D eigenvalue weighted by Gasteiger charge is -2.05. The third-order valence-corrected chi connectivity index (χ3v) is 3.88. The van der Waals surface area contributed by atoms with Gasteiger partial charge in [0.1, 0.15) is 11.6 Å². The molecule has 0 unspecified atom stereocenters. The van der Waals surface area contributed by atoms with Gasteiger partial charge in [0.15, 0.2) is 0 Å². The fraction of sp³-hybridized carbons (Fsp3) is 0.167. The summed E-state index contributed by atoms with van der Waals surface area (Å²) in [4.78, 5) is 14.8. The molecule has 3 nitrogen and oxygen atoms in total. The van der Waals surface area contributed by atoms with Gasteiger partial charge in [-0.15, -0.1) is 0 Å². The summed E-state index contributed by atoms with van der Waals surface area (Å²) in [7, 11) is 1.58. The zero-order valence-electron chi connectivity index (χ0n) is 12.6. The first-order chi connectivity index (χ1) is 11.1. The molecule has 2 N–H and O–H groups in total. The quantitative estimate of drug-likeness (QED) is 0.756. The van der Waals surface area contributed by atoms with Crippen LogP contribution in [0.2, 0.25) is 0 Å². The predicted molar refractivity (Wildman–Crippen MR) is 86.0 cm³/mol. The van der Waals surface area contributed by atoms with E-state index >= 15 is 0 Å². The summed E-state index contributed by atoms with van der Waals surface area (Å²) in [5, 5.41) is 3.32. The smallest absolute Gasteiger partial charge is 0.220 e. The van der Waals surface area contributed by atoms with Gasteiger partial charge in [-0.3, -0.25) is 4.79 Å². The number of aryl methyl sites for hydroxylation is 1. The highest BCUT2D eigenvalue weighted by molar-refractivity contribution is 5.91. The number of amides is 1. The molecule has 3 aromatic rings. The Morgan fingerprint density at radius 3 is 2.48 bits per heavy atom. The number of benzene rings is 2. The average molecular weight is 314 g/mol. The van der Waals surface area contributed by atoms with Crippen molar-refractivity contribution in [3.05, 3.63) is 59.7 Å². The minimum absolute atomic E-state index is 0.0826. The van der Waals surface area contributed by atoms with Crippen LogP contribution in [-0.2, 0) is 11.2 Å². The molecule has 1 heterocycles. The van der Waals surface area contributed by atoms with Crippen molar-refractivity contribution in [2.45, 2.75) is 12.8 Å². The molecule has 0 fully saturated rings. The molecule has 2 aromatic carbocycles. The first-order valence-electron chi connectivity index (χ1n) is 7.35. The maximum absolute atomic E-state index is 13.6. The first-order valence-corrected chi connectivity index (χ1v) is 7.35. The Hall–Kier alpha value is -2.69. The van der Waals surface area contributed by atoms with Gasteiger partial charge in [-0.1, -0.05) is 0 Å². The molecule has 0 aliphatic heterocycles. The molecule has 0 saturated carbocycles. The summed E-state index contributed by atoms with van der Waals surface area (Å²) in [6.07, 6.45) is 0.768. The van der Waals surface area contributed by atoms with Crippen LogP contribution in [0, 0.1) is 11.6 Å². The van der Waals surface area contributed by atoms with Gasteiger partial charge in [-0.2, -0.15) is 0 Å². The highest BCUT2D eigenvalue weighted by Gasteiger charge is 2.15. The Morgan fingerprint density at radius 1 is 1.09 bits per heavy atom. The number of hydrogen-bond donors (Lipinski definition) is 2. The number of H-pyrrole nitrogens is 1. The number of aromatic nitrogens is 1. The van der Waals surface area contributed by atoms with Gasteiger partial charge in [-0.25, -0.2) is 8.78 Å². The van der Waals surface area contributed by atoms with E-state index in [0.29, 0.717) is 12.8 Å². The zero-order chi connectivity index (χ0) is 16.4. The van der Waals surface area contributed by atoms with Crippen molar-refractivity contribution in [3.8, 4) is 11.3 Å². The van der Waals surface area contributed by atoms with E-state index in [1.54, 1.807) is 25.2 Å². The standard InChI is InChI=1S/C18H16F2N2O/c1-21-17(23)9-7-14-15-10-13(20)6-8-16(15)22-18(14)11-2-4-12(19)5-3-11/h2-6,8,10,22H,7,9H2,1H3,(H,21,23). The number of rotatable bonds is 4. The SMILES string of the molecule is CNC(=O)CCc1c(-c2ccc(F)cc2)[nH]c2ccc(F)cc12. The van der Waals surface area contributed by atoms with Crippen LogP contribution in [0.4, 0.5) is 8.78 Å². The van der Waals surface area contributed by atoms with Gasteiger partial charge < -0.3 is 10.3 Å². The van der Waals surface area contributed by atoms with E-state index in [-0.39, 0.29) is 17.5 Å². The molecule has 0 atom stereocenters. The van der Waals surface area contributed by atoms with Crippen molar-refractivity contribution in [3.63, 3.8) is 0 Å². The molecular formula is C18H16F2N2O. The van der Waals surface area contributed by atoms with E-state index in [2.05, 4.69) is 10.3 Å². The van der Waals surface area contributed by atoms with E-state index in [4.69, 9.17) is 0 Å². The number of nitrogens with one attached hydrogen (secondary N) is 2. The fourth-order valence-corrected chi connectivity index (χ4v) is 2.71. The van der Waals surface area contributed by atoms with Gasteiger partial charge in [0.05, 0.1) is 0 Å². The monoisotopic (exact) mass is 314 g/mol. The van der Waals surface area contributed by atoms with Gasteiger partial charge in [-0.05, 0) is 60.0 Å². The van der Waals surface area contributed by atoms with Gasteiger partial charge in [0.2, 0.25) is 5.91 Å². The summed E-state index contributed by atoms with van der Waals surface area (Å²) in [5.74, 6) is -0.730. The molecule has 0 aliphatic rings. The topological polar surface area (TPSA) is 44.9 Å². The Bertz CT molecular complexity index is 853. The van der Waals surface area contributed by atoms with E-state index in [0.717, 1.165) is 27.7 Å². The van der Waals surface area contributed by atoms with Crippen LogP contribution in [0.1, 0.15) is 12.0 Å². The van der Waals surface area contributed by atoms with E-state index in [1.807, 2.05) is 0 Å². The van der Waals surface area contributed by atoms with Crippen LogP contribution < -0.4 is 5.32 Å². The van der Waals surface area contributed by atoms with Crippen molar-refractivity contribution in [1.29, 1.82) is 0 Å². The second-order valence-electron chi connectivity index (χ2n) is 5.35. The van der Waals surface area contributed by atoms with Crippen molar-refractivity contribution < 1.29 is 13.6 Å². The Morgan fingerprint density at radius 2 is 1.78 bits per heavy atom. The van der Waals surface area contributed by atoms with E-state index in [9.17, 15) is 13.6 Å². The molecule has 1 aromatic heterocycles. The molecule has 5 heteroatoms. The third-order valence-electron chi connectivity index (χ3n) is 3.88. The van der Waals surface area contributed by atoms with Crippen LogP contribution in [0.3, 0.4) is 0 Å². The number of fused-ring (bicyclic) bond motifs is 1. The van der Waals surface area contributed by atoms with Gasteiger partial charge in [0.25, 0.3) is 0 Å². The largest absolute Gasteiger partial charge is 0.359 e. The van der Waals surface area contributed by atoms with E-state index in [1.165, 1.54) is 24.3 Å². The number of aromatic amines is 1. The molecule has 23 heavy (non-hydrogen) atoms. The Balaban J connectivity index is 2.11. The van der Waals surface area contributed by atoms with Crippen LogP contribution >= 0.6 is 0 Å². The van der Waals surface area contributed by atoms with Crippen molar-refractivity contribution >= 4 is 16.8 Å². The molecule has 0 aliphatic carbocycles. The average Bonchev–Trinajstić information content (AvgIpc) is 2.91. The maximum atomic E-state index is 13.6. The minimum Gasteiger partial charge on any atom is -0.359 e. The zero-order valence-corrected chi connectivity index (χ0v) is 12.6. The van der Waals surface area contributed by atoms with Crippen molar-refractivity contribution in [2.75, 3.05) is 7.05 Å². The lowest BCUT2D eigenvalue weighted by atomic mass is 10.0. The normalized spacial score (nSPS) is 10.9. The summed E-state index contributed by atoms with van der Waals surface area (Å²) in [5.41, 5.74) is 3.23. The first kappa shape index (κ1) is 15.2. The second-order valence-corrected chi connectivity index (χ2v) is 5.35. The molecule has 1 amide bonds. The lowest BCUT2D eigenvalue weighted by molar-refractivity contribution is -0.120. The summed E-state index contributed by atoms with van der Waals surface area (Å²) in [6.45, 7) is 0. The number of hydrogen-bond acceptors (Lipinski definition) is 1. The molecular weight excluding hydrogens is 298 g/mol. The number of carbonyl (C=O) groups excluding carboxylic acids is 1. The van der Waals surface area contributed by atoms with Crippen molar-refractivity contribution in [1.82, 2.24) is 10.3 Å². The highest BCUT2D eigenvalue weighted by Crippen LogP contribution is 2.32. The molecule has 0 bridgehead atoms. The van der Waals surface area contributed by atoms with Crippen molar-refractivity contribution in [2.24, 2.45) is 0 Å². The predicted octanol–water partition coefficient (Wildman–Crippen LogP) is 3.79. The second kappa shape index (κ2) is 6.20. The lowest BCUT2D eigenvalue weighted by Crippen LogP contribution is -2.18. The summed E-state index contributed by atoms with van der Waals surface area (Å²) < 4.78 is 26.8. The van der Waals surface area contributed by atoms with Gasteiger partial charge in [0, 0.05) is 30.1 Å². The molecule has 3 rings (SSSR count).